The summed E-state index contributed by atoms with van der Waals surface area (Å²) in [5.41, 5.74) is 4.22. The van der Waals surface area contributed by atoms with Crippen molar-refractivity contribution in [3.8, 4) is 11.3 Å². The van der Waals surface area contributed by atoms with E-state index >= 15 is 0 Å². The van der Waals surface area contributed by atoms with Gasteiger partial charge < -0.3 is 5.32 Å². The van der Waals surface area contributed by atoms with Gasteiger partial charge in [0.2, 0.25) is 0 Å². The minimum atomic E-state index is 0.666. The molecule has 0 spiro atoms. The van der Waals surface area contributed by atoms with E-state index in [0.29, 0.717) is 11.6 Å². The summed E-state index contributed by atoms with van der Waals surface area (Å²) in [6.07, 6.45) is 1.84. The molecule has 0 saturated carbocycles. The van der Waals surface area contributed by atoms with Crippen LogP contribution in [0.25, 0.3) is 11.3 Å². The van der Waals surface area contributed by atoms with Crippen molar-refractivity contribution in [2.24, 2.45) is 0 Å². The summed E-state index contributed by atoms with van der Waals surface area (Å²) in [5.74, 6) is 0. The number of anilines is 1. The van der Waals surface area contributed by atoms with E-state index in [-0.39, 0.29) is 0 Å². The summed E-state index contributed by atoms with van der Waals surface area (Å²) in [4.78, 5) is 0. The summed E-state index contributed by atoms with van der Waals surface area (Å²) < 4.78 is 0.983. The van der Waals surface area contributed by atoms with Crippen molar-refractivity contribution in [1.82, 2.24) is 10.2 Å². The zero-order valence-electron chi connectivity index (χ0n) is 11.1. The molecule has 0 fully saturated rings. The van der Waals surface area contributed by atoms with Gasteiger partial charge in [-0.05, 0) is 39.7 Å². The molecule has 3 aromatic rings. The topological polar surface area (TPSA) is 40.7 Å². The molecule has 2 N–H and O–H groups in total. The monoisotopic (exact) mass is 361 g/mol. The van der Waals surface area contributed by atoms with Crippen LogP contribution in [0.2, 0.25) is 5.02 Å². The first-order chi connectivity index (χ1) is 10.2. The lowest BCUT2D eigenvalue weighted by molar-refractivity contribution is 1.10. The molecule has 1 aromatic heterocycles. The summed E-state index contributed by atoms with van der Waals surface area (Å²) in [6, 6.07) is 15.8. The lowest BCUT2D eigenvalue weighted by Crippen LogP contribution is -2.00. The zero-order chi connectivity index (χ0) is 14.7. The molecule has 3 nitrogen and oxygen atoms in total. The number of hydrogen-bond donors (Lipinski definition) is 2. The number of nitrogens with one attached hydrogen (secondary N) is 2. The van der Waals surface area contributed by atoms with E-state index in [1.165, 1.54) is 0 Å². The van der Waals surface area contributed by atoms with Crippen molar-refractivity contribution in [2.75, 3.05) is 5.32 Å². The van der Waals surface area contributed by atoms with E-state index in [0.717, 1.165) is 27.0 Å². The van der Waals surface area contributed by atoms with E-state index in [9.17, 15) is 0 Å². The summed E-state index contributed by atoms with van der Waals surface area (Å²) in [6.45, 7) is 0.666. The maximum atomic E-state index is 6.03. The third-order valence-corrected chi connectivity index (χ3v) is 4.10. The Labute approximate surface area is 136 Å². The van der Waals surface area contributed by atoms with Crippen LogP contribution in [0.1, 0.15) is 5.56 Å². The summed E-state index contributed by atoms with van der Waals surface area (Å²) in [7, 11) is 0. The van der Waals surface area contributed by atoms with Gasteiger partial charge in [0.1, 0.15) is 0 Å². The smallest absolute Gasteiger partial charge is 0.0700 e. The maximum Gasteiger partial charge on any atom is 0.0700 e. The number of rotatable bonds is 4. The predicted molar refractivity (Wildman–Crippen MR) is 90.5 cm³/mol. The van der Waals surface area contributed by atoms with Crippen LogP contribution < -0.4 is 5.32 Å². The second kappa shape index (κ2) is 6.33. The van der Waals surface area contributed by atoms with Gasteiger partial charge >= 0.3 is 0 Å². The van der Waals surface area contributed by atoms with Gasteiger partial charge in [0.05, 0.1) is 17.6 Å². The quantitative estimate of drug-likeness (QED) is 0.677. The lowest BCUT2D eigenvalue weighted by atomic mass is 10.1. The Balaban J connectivity index is 1.81. The fourth-order valence-electron chi connectivity index (χ4n) is 2.12. The average Bonchev–Trinajstić information content (AvgIpc) is 2.97. The third-order valence-electron chi connectivity index (χ3n) is 3.18. The van der Waals surface area contributed by atoms with Gasteiger partial charge in [-0.3, -0.25) is 5.10 Å². The standard InChI is InChI=1S/C16H13BrClN3/c17-14-7-6-13(18)8-15(14)19-9-12-10-20-21-16(12)11-4-2-1-3-5-11/h1-8,10,19H,9H2,(H,20,21). The van der Waals surface area contributed by atoms with E-state index in [1.54, 1.807) is 0 Å². The highest BCUT2D eigenvalue weighted by atomic mass is 79.9. The highest BCUT2D eigenvalue weighted by Crippen LogP contribution is 2.27. The summed E-state index contributed by atoms with van der Waals surface area (Å²) in [5, 5.41) is 11.3. The molecule has 0 atom stereocenters. The minimum Gasteiger partial charge on any atom is -0.380 e. The maximum absolute atomic E-state index is 6.03. The Bertz CT molecular complexity index is 740. The Morgan fingerprint density at radius 1 is 1.14 bits per heavy atom. The first-order valence-corrected chi connectivity index (χ1v) is 7.68. The molecule has 0 saturated heterocycles. The van der Waals surface area contributed by atoms with Crippen molar-refractivity contribution in [2.45, 2.75) is 6.54 Å². The number of benzene rings is 2. The van der Waals surface area contributed by atoms with Gasteiger partial charge in [-0.2, -0.15) is 5.10 Å². The number of halogens is 2. The fraction of sp³-hybridized carbons (Fsp3) is 0.0625. The Kier molecular flexibility index (Phi) is 4.27. The van der Waals surface area contributed by atoms with Gasteiger partial charge in [-0.25, -0.2) is 0 Å². The van der Waals surface area contributed by atoms with E-state index in [1.807, 2.05) is 42.6 Å². The molecule has 106 valence electrons. The van der Waals surface area contributed by atoms with Gasteiger partial charge in [0, 0.05) is 21.6 Å². The molecule has 0 aliphatic carbocycles. The van der Waals surface area contributed by atoms with Crippen LogP contribution in [0.3, 0.4) is 0 Å². The summed E-state index contributed by atoms with van der Waals surface area (Å²) >= 11 is 9.54. The molecule has 2 aromatic carbocycles. The molecule has 0 amide bonds. The number of hydrogen-bond acceptors (Lipinski definition) is 2. The molecule has 0 aliphatic rings. The van der Waals surface area contributed by atoms with Crippen molar-refractivity contribution < 1.29 is 0 Å². The van der Waals surface area contributed by atoms with Crippen LogP contribution in [-0.4, -0.2) is 10.2 Å². The van der Waals surface area contributed by atoms with Crippen molar-refractivity contribution >= 4 is 33.2 Å². The van der Waals surface area contributed by atoms with Crippen molar-refractivity contribution in [3.63, 3.8) is 0 Å². The molecule has 5 heteroatoms. The normalized spacial score (nSPS) is 10.6. The van der Waals surface area contributed by atoms with E-state index < -0.39 is 0 Å². The first-order valence-electron chi connectivity index (χ1n) is 6.50. The van der Waals surface area contributed by atoms with Gasteiger partial charge in [-0.1, -0.05) is 41.9 Å². The van der Waals surface area contributed by atoms with Crippen LogP contribution in [0.15, 0.2) is 59.2 Å². The fourth-order valence-corrected chi connectivity index (χ4v) is 2.68. The first kappa shape index (κ1) is 14.2. The molecule has 0 radical (unpaired) electrons. The van der Waals surface area contributed by atoms with Crippen LogP contribution in [0.4, 0.5) is 5.69 Å². The van der Waals surface area contributed by atoms with Crippen molar-refractivity contribution in [1.29, 1.82) is 0 Å². The van der Waals surface area contributed by atoms with Crippen LogP contribution in [0.5, 0.6) is 0 Å². The molecular formula is C16H13BrClN3. The molecule has 1 heterocycles. The Hall–Kier alpha value is -1.78. The van der Waals surface area contributed by atoms with Gasteiger partial charge in [0.25, 0.3) is 0 Å². The molecule has 21 heavy (non-hydrogen) atoms. The van der Waals surface area contributed by atoms with Gasteiger partial charge in [0.15, 0.2) is 0 Å². The molecular weight excluding hydrogens is 350 g/mol. The largest absolute Gasteiger partial charge is 0.380 e. The Morgan fingerprint density at radius 2 is 1.95 bits per heavy atom. The third kappa shape index (κ3) is 3.28. The van der Waals surface area contributed by atoms with Gasteiger partial charge in [-0.15, -0.1) is 0 Å². The highest BCUT2D eigenvalue weighted by molar-refractivity contribution is 9.10. The molecule has 0 bridgehead atoms. The molecule has 0 aliphatic heterocycles. The highest BCUT2D eigenvalue weighted by Gasteiger charge is 2.08. The number of H-pyrrole nitrogens is 1. The Morgan fingerprint density at radius 3 is 2.76 bits per heavy atom. The minimum absolute atomic E-state index is 0.666. The predicted octanol–water partition coefficient (Wildman–Crippen LogP) is 5.10. The van der Waals surface area contributed by atoms with E-state index in [4.69, 9.17) is 11.6 Å². The number of nitrogens with zero attached hydrogens (tertiary/aromatic N) is 1. The second-order valence-corrected chi connectivity index (χ2v) is 5.90. The van der Waals surface area contributed by atoms with Crippen molar-refractivity contribution in [3.05, 3.63) is 69.8 Å². The van der Waals surface area contributed by atoms with E-state index in [2.05, 4.69) is 43.6 Å². The molecule has 3 rings (SSSR count). The number of aromatic nitrogens is 2. The average molecular weight is 363 g/mol. The lowest BCUT2D eigenvalue weighted by Gasteiger charge is -2.09. The van der Waals surface area contributed by atoms with Crippen LogP contribution in [0, 0.1) is 0 Å². The zero-order valence-corrected chi connectivity index (χ0v) is 13.4. The SMILES string of the molecule is Clc1ccc(Br)c(NCc2cn[nH]c2-c2ccccc2)c1. The number of aromatic amines is 1. The van der Waals surface area contributed by atoms with Crippen LogP contribution in [-0.2, 0) is 6.54 Å². The molecule has 0 unspecified atom stereocenters. The van der Waals surface area contributed by atoms with Crippen LogP contribution >= 0.6 is 27.5 Å². The second-order valence-electron chi connectivity index (χ2n) is 4.61.